The van der Waals surface area contributed by atoms with E-state index in [2.05, 4.69) is 50.2 Å². The van der Waals surface area contributed by atoms with Crippen molar-refractivity contribution in [2.24, 2.45) is 5.92 Å². The molecular formula is C34H46O3. The number of aryl methyl sites for hydroxylation is 2. The van der Waals surface area contributed by atoms with Gasteiger partial charge in [0.2, 0.25) is 0 Å². The normalized spacial score (nSPS) is 12.8. The Balaban J connectivity index is 0.000000281. The molecule has 0 saturated heterocycles. The van der Waals surface area contributed by atoms with Crippen LogP contribution in [-0.2, 0) is 28.9 Å². The lowest BCUT2D eigenvalue weighted by Gasteiger charge is -2.20. The first-order chi connectivity index (χ1) is 17.6. The zero-order chi connectivity index (χ0) is 27.7. The third-order valence-corrected chi connectivity index (χ3v) is 6.43. The van der Waals surface area contributed by atoms with E-state index in [-0.39, 0.29) is 5.92 Å². The molecule has 0 aliphatic carbocycles. The summed E-state index contributed by atoms with van der Waals surface area (Å²) < 4.78 is 0. The molecule has 0 aromatic heterocycles. The summed E-state index contributed by atoms with van der Waals surface area (Å²) >= 11 is 0. The molecule has 3 nitrogen and oxygen atoms in total. The fraction of sp³-hybridized carbons (Fsp3) is 0.412. The second-order valence-corrected chi connectivity index (χ2v) is 10.4. The highest BCUT2D eigenvalue weighted by molar-refractivity contribution is 5.54. The molecule has 3 heteroatoms. The van der Waals surface area contributed by atoms with Crippen LogP contribution in [0.1, 0.15) is 81.2 Å². The smallest absolute Gasteiger partial charge is 0.124 e. The molecule has 3 aromatic rings. The Kier molecular flexibility index (Phi) is 15.1. The molecule has 0 fully saturated rings. The standard InChI is InChI=1S/C13H18O.C12H18O.C9H10O/c1-10(2)13-6-4-12(5-7-13)8-11(3)9-14;1-3-12(2,13)10-9-11-7-5-4-6-8-11;1-8-2-4-9(5-3-8)6-7-10/h4-7,9-11H,8H2,1-3H3;4-8,13H,3,9-10H2,1-2H3;2-5,7H,6H2,1H3. The number of hydrogen-bond donors (Lipinski definition) is 1. The Morgan fingerprint density at radius 2 is 1.38 bits per heavy atom. The summed E-state index contributed by atoms with van der Waals surface area (Å²) in [5.74, 6) is 0.701. The molecule has 0 amide bonds. The number of benzene rings is 3. The first-order valence-electron chi connectivity index (χ1n) is 13.4. The van der Waals surface area contributed by atoms with Gasteiger partial charge in [-0.1, -0.05) is 112 Å². The van der Waals surface area contributed by atoms with E-state index in [1.54, 1.807) is 0 Å². The molecule has 1 N–H and O–H groups in total. The van der Waals surface area contributed by atoms with Crippen LogP contribution in [0, 0.1) is 12.8 Å². The highest BCUT2D eigenvalue weighted by Gasteiger charge is 2.16. The van der Waals surface area contributed by atoms with Gasteiger partial charge >= 0.3 is 0 Å². The van der Waals surface area contributed by atoms with Gasteiger partial charge in [-0.15, -0.1) is 0 Å². The summed E-state index contributed by atoms with van der Waals surface area (Å²) in [5.41, 5.74) is 5.71. The molecule has 3 rings (SSSR count). The van der Waals surface area contributed by atoms with Crippen LogP contribution in [0.2, 0.25) is 0 Å². The van der Waals surface area contributed by atoms with Gasteiger partial charge in [0.05, 0.1) is 5.60 Å². The topological polar surface area (TPSA) is 54.4 Å². The number of carbonyl (C=O) groups excluding carboxylic acids is 2. The maximum absolute atomic E-state index is 10.5. The molecule has 0 radical (unpaired) electrons. The minimum Gasteiger partial charge on any atom is -0.390 e. The predicted octanol–water partition coefficient (Wildman–Crippen LogP) is 7.70. The Labute approximate surface area is 225 Å². The first kappa shape index (κ1) is 32.0. The average molecular weight is 503 g/mol. The summed E-state index contributed by atoms with van der Waals surface area (Å²) in [5, 5.41) is 9.78. The van der Waals surface area contributed by atoms with Crippen molar-refractivity contribution in [3.05, 3.63) is 107 Å². The van der Waals surface area contributed by atoms with E-state index in [4.69, 9.17) is 0 Å². The molecule has 0 aliphatic rings. The molecule has 0 saturated carbocycles. The molecule has 0 bridgehead atoms. The van der Waals surface area contributed by atoms with Crippen LogP contribution in [0.4, 0.5) is 0 Å². The van der Waals surface area contributed by atoms with E-state index in [0.29, 0.717) is 12.3 Å². The van der Waals surface area contributed by atoms with Crippen LogP contribution in [0.3, 0.4) is 0 Å². The zero-order valence-electron chi connectivity index (χ0n) is 23.6. The van der Waals surface area contributed by atoms with E-state index in [1.807, 2.05) is 70.2 Å². The lowest BCUT2D eigenvalue weighted by molar-refractivity contribution is -0.110. The van der Waals surface area contributed by atoms with Crippen molar-refractivity contribution >= 4 is 12.6 Å². The van der Waals surface area contributed by atoms with Gasteiger partial charge in [-0.3, -0.25) is 0 Å². The molecular weight excluding hydrogens is 456 g/mol. The quantitative estimate of drug-likeness (QED) is 0.289. The first-order valence-corrected chi connectivity index (χ1v) is 13.4. The van der Waals surface area contributed by atoms with Crippen molar-refractivity contribution in [3.8, 4) is 0 Å². The van der Waals surface area contributed by atoms with E-state index >= 15 is 0 Å². The maximum Gasteiger partial charge on any atom is 0.124 e. The highest BCUT2D eigenvalue weighted by atomic mass is 16.3. The van der Waals surface area contributed by atoms with E-state index in [9.17, 15) is 14.7 Å². The molecule has 37 heavy (non-hydrogen) atoms. The molecule has 0 aliphatic heterocycles. The van der Waals surface area contributed by atoms with Crippen LogP contribution in [0.5, 0.6) is 0 Å². The fourth-order valence-corrected chi connectivity index (χ4v) is 3.51. The second-order valence-electron chi connectivity index (χ2n) is 10.4. The number of carbonyl (C=O) groups is 2. The highest BCUT2D eigenvalue weighted by Crippen LogP contribution is 2.17. The molecule has 2 unspecified atom stereocenters. The van der Waals surface area contributed by atoms with Gasteiger partial charge < -0.3 is 14.7 Å². The van der Waals surface area contributed by atoms with Gasteiger partial charge in [-0.25, -0.2) is 0 Å². The Bertz CT molecular complexity index is 1000. The summed E-state index contributed by atoms with van der Waals surface area (Å²) in [7, 11) is 0. The van der Waals surface area contributed by atoms with Crippen LogP contribution < -0.4 is 0 Å². The summed E-state index contributed by atoms with van der Waals surface area (Å²) in [6.45, 7) is 12.3. The SMILES string of the molecule is CC(C=O)Cc1ccc(C(C)C)cc1.CCC(C)(O)CCc1ccccc1.Cc1ccc(CC=O)cc1. The monoisotopic (exact) mass is 502 g/mol. The number of hydrogen-bond acceptors (Lipinski definition) is 3. The molecule has 200 valence electrons. The Morgan fingerprint density at radius 1 is 0.811 bits per heavy atom. The van der Waals surface area contributed by atoms with Gasteiger partial charge in [-0.05, 0) is 67.7 Å². The van der Waals surface area contributed by atoms with Crippen LogP contribution in [0.15, 0.2) is 78.9 Å². The maximum atomic E-state index is 10.5. The molecule has 3 aromatic carbocycles. The summed E-state index contributed by atoms with van der Waals surface area (Å²) in [6, 6.07) is 26.8. The number of aliphatic hydroxyl groups is 1. The lowest BCUT2D eigenvalue weighted by atomic mass is 9.94. The van der Waals surface area contributed by atoms with Gasteiger partial charge in [0.15, 0.2) is 0 Å². The van der Waals surface area contributed by atoms with Crippen molar-refractivity contribution in [1.29, 1.82) is 0 Å². The molecule has 0 heterocycles. The lowest BCUT2D eigenvalue weighted by Crippen LogP contribution is -2.23. The third-order valence-electron chi connectivity index (χ3n) is 6.43. The molecule has 0 spiro atoms. The van der Waals surface area contributed by atoms with Crippen molar-refractivity contribution < 1.29 is 14.7 Å². The van der Waals surface area contributed by atoms with Gasteiger partial charge in [0.1, 0.15) is 12.6 Å². The van der Waals surface area contributed by atoms with Gasteiger partial charge in [-0.2, -0.15) is 0 Å². The van der Waals surface area contributed by atoms with Crippen molar-refractivity contribution in [1.82, 2.24) is 0 Å². The van der Waals surface area contributed by atoms with Crippen LogP contribution >= 0.6 is 0 Å². The van der Waals surface area contributed by atoms with Crippen molar-refractivity contribution in [2.75, 3.05) is 0 Å². The van der Waals surface area contributed by atoms with Crippen molar-refractivity contribution in [2.45, 2.75) is 85.2 Å². The van der Waals surface area contributed by atoms with Crippen LogP contribution in [0.25, 0.3) is 0 Å². The van der Waals surface area contributed by atoms with E-state index < -0.39 is 5.60 Å². The van der Waals surface area contributed by atoms with Crippen LogP contribution in [-0.4, -0.2) is 23.3 Å². The third kappa shape index (κ3) is 14.3. The molecule has 2 atom stereocenters. The average Bonchev–Trinajstić information content (AvgIpc) is 2.90. The Morgan fingerprint density at radius 3 is 1.86 bits per heavy atom. The summed E-state index contributed by atoms with van der Waals surface area (Å²) in [6.07, 6.45) is 5.93. The number of rotatable bonds is 10. The fourth-order valence-electron chi connectivity index (χ4n) is 3.51. The van der Waals surface area contributed by atoms with Gasteiger partial charge in [0, 0.05) is 12.3 Å². The largest absolute Gasteiger partial charge is 0.390 e. The van der Waals surface area contributed by atoms with E-state index in [0.717, 1.165) is 43.8 Å². The number of aldehydes is 2. The van der Waals surface area contributed by atoms with Crippen molar-refractivity contribution in [3.63, 3.8) is 0 Å². The minimum atomic E-state index is -0.504. The van der Waals surface area contributed by atoms with Gasteiger partial charge in [0.25, 0.3) is 0 Å². The van der Waals surface area contributed by atoms with E-state index in [1.165, 1.54) is 22.3 Å². The summed E-state index contributed by atoms with van der Waals surface area (Å²) in [4.78, 5) is 20.5. The zero-order valence-corrected chi connectivity index (χ0v) is 23.6. The second kappa shape index (κ2) is 17.4. The minimum absolute atomic E-state index is 0.125. The Hall–Kier alpha value is -3.04. The predicted molar refractivity (Wildman–Crippen MR) is 156 cm³/mol.